The van der Waals surface area contributed by atoms with Gasteiger partial charge in [-0.2, -0.15) is 12.7 Å². The number of nitrogens with one attached hydrogen (secondary N) is 1. The first kappa shape index (κ1) is 18.3. The summed E-state index contributed by atoms with van der Waals surface area (Å²) in [7, 11) is -0.764. The van der Waals surface area contributed by atoms with E-state index in [1.54, 1.807) is 0 Å². The molecule has 0 aliphatic heterocycles. The monoisotopic (exact) mass is 294 g/mol. The molecule has 114 valence electrons. The minimum Gasteiger partial charge on any atom is -0.469 e. The van der Waals surface area contributed by atoms with Crippen molar-refractivity contribution in [2.75, 3.05) is 27.2 Å². The average Bonchev–Trinajstić information content (AvgIpc) is 2.34. The summed E-state index contributed by atoms with van der Waals surface area (Å²) in [4.78, 5) is 10.9. The number of rotatable bonds is 10. The number of nitrogens with zero attached hydrogens (tertiary/aromatic N) is 1. The number of esters is 1. The number of carbonyl (C=O) groups is 1. The predicted molar refractivity (Wildman–Crippen MR) is 74.9 cm³/mol. The second kappa shape index (κ2) is 9.28. The number of methoxy groups -OCH3 is 1. The summed E-state index contributed by atoms with van der Waals surface area (Å²) in [5, 5.41) is 0. The Hall–Kier alpha value is -0.660. The van der Waals surface area contributed by atoms with Gasteiger partial charge in [-0.05, 0) is 12.3 Å². The van der Waals surface area contributed by atoms with Crippen LogP contribution in [0.2, 0.25) is 0 Å². The van der Waals surface area contributed by atoms with Crippen LogP contribution in [0.25, 0.3) is 0 Å². The SMILES string of the molecule is COC(=O)CCN(C)S(=O)(=O)NCCCCC(C)C. The first-order chi connectivity index (χ1) is 8.79. The van der Waals surface area contributed by atoms with Crippen LogP contribution in [-0.4, -0.2) is 45.9 Å². The second-order valence-electron chi connectivity index (χ2n) is 4.94. The molecule has 0 rings (SSSR count). The topological polar surface area (TPSA) is 75.7 Å². The molecule has 0 aromatic carbocycles. The average molecular weight is 294 g/mol. The van der Waals surface area contributed by atoms with E-state index < -0.39 is 16.2 Å². The molecule has 0 fully saturated rings. The van der Waals surface area contributed by atoms with Gasteiger partial charge < -0.3 is 4.74 Å². The fourth-order valence-corrected chi connectivity index (χ4v) is 2.41. The van der Waals surface area contributed by atoms with Crippen LogP contribution in [0.5, 0.6) is 0 Å². The van der Waals surface area contributed by atoms with Crippen molar-refractivity contribution in [3.8, 4) is 0 Å². The number of hydrogen-bond donors (Lipinski definition) is 1. The Balaban J connectivity index is 3.92. The van der Waals surface area contributed by atoms with Gasteiger partial charge in [-0.25, -0.2) is 4.72 Å². The third-order valence-corrected chi connectivity index (χ3v) is 4.33. The van der Waals surface area contributed by atoms with E-state index in [9.17, 15) is 13.2 Å². The van der Waals surface area contributed by atoms with E-state index in [2.05, 4.69) is 23.3 Å². The van der Waals surface area contributed by atoms with Crippen LogP contribution in [0.4, 0.5) is 0 Å². The molecular weight excluding hydrogens is 268 g/mol. The smallest absolute Gasteiger partial charge is 0.306 e. The van der Waals surface area contributed by atoms with E-state index in [0.29, 0.717) is 12.5 Å². The van der Waals surface area contributed by atoms with Crippen LogP contribution < -0.4 is 4.72 Å². The number of unbranched alkanes of at least 4 members (excludes halogenated alkanes) is 1. The van der Waals surface area contributed by atoms with E-state index in [1.165, 1.54) is 14.2 Å². The Morgan fingerprint density at radius 2 is 1.95 bits per heavy atom. The normalized spacial score (nSPS) is 12.1. The van der Waals surface area contributed by atoms with Gasteiger partial charge in [0.05, 0.1) is 13.5 Å². The van der Waals surface area contributed by atoms with Crippen LogP contribution in [0.15, 0.2) is 0 Å². The van der Waals surface area contributed by atoms with E-state index in [-0.39, 0.29) is 13.0 Å². The lowest BCUT2D eigenvalue weighted by atomic mass is 10.1. The summed E-state index contributed by atoms with van der Waals surface area (Å²) in [6, 6.07) is 0. The standard InChI is InChI=1S/C12H26N2O4S/c1-11(2)7-5-6-9-13-19(16,17)14(3)10-8-12(15)18-4/h11,13H,5-10H2,1-4H3. The van der Waals surface area contributed by atoms with Crippen molar-refractivity contribution in [2.45, 2.75) is 39.5 Å². The minimum absolute atomic E-state index is 0.0568. The number of carbonyl (C=O) groups excluding carboxylic acids is 1. The van der Waals surface area contributed by atoms with Crippen molar-refractivity contribution in [2.24, 2.45) is 5.92 Å². The molecule has 0 aliphatic rings. The maximum absolute atomic E-state index is 11.8. The Morgan fingerprint density at radius 1 is 1.32 bits per heavy atom. The number of ether oxygens (including phenoxy) is 1. The van der Waals surface area contributed by atoms with Crippen LogP contribution in [0.3, 0.4) is 0 Å². The molecule has 0 aliphatic carbocycles. The highest BCUT2D eigenvalue weighted by Crippen LogP contribution is 2.05. The van der Waals surface area contributed by atoms with E-state index >= 15 is 0 Å². The van der Waals surface area contributed by atoms with Crippen LogP contribution in [0, 0.1) is 5.92 Å². The summed E-state index contributed by atoms with van der Waals surface area (Å²) in [6.45, 7) is 4.83. The summed E-state index contributed by atoms with van der Waals surface area (Å²) < 4.78 is 31.7. The zero-order valence-electron chi connectivity index (χ0n) is 12.3. The Bertz CT molecular complexity index is 355. The molecule has 0 spiro atoms. The first-order valence-corrected chi connectivity index (χ1v) is 8.01. The molecule has 19 heavy (non-hydrogen) atoms. The van der Waals surface area contributed by atoms with Crippen LogP contribution in [0.1, 0.15) is 39.5 Å². The Kier molecular flexibility index (Phi) is 8.95. The summed E-state index contributed by atoms with van der Waals surface area (Å²) in [6.07, 6.45) is 2.98. The maximum Gasteiger partial charge on any atom is 0.306 e. The second-order valence-corrected chi connectivity index (χ2v) is 6.80. The fraction of sp³-hybridized carbons (Fsp3) is 0.917. The quantitative estimate of drug-likeness (QED) is 0.484. The zero-order valence-corrected chi connectivity index (χ0v) is 13.1. The third-order valence-electron chi connectivity index (χ3n) is 2.76. The van der Waals surface area contributed by atoms with Crippen LogP contribution >= 0.6 is 0 Å². The van der Waals surface area contributed by atoms with Gasteiger partial charge in [-0.15, -0.1) is 0 Å². The first-order valence-electron chi connectivity index (χ1n) is 6.57. The maximum atomic E-state index is 11.8. The summed E-state index contributed by atoms with van der Waals surface area (Å²) in [5.74, 6) is 0.221. The Labute approximate surface area is 116 Å². The van der Waals surface area contributed by atoms with E-state index in [0.717, 1.165) is 23.6 Å². The van der Waals surface area contributed by atoms with Crippen molar-refractivity contribution in [3.63, 3.8) is 0 Å². The number of hydrogen-bond acceptors (Lipinski definition) is 4. The largest absolute Gasteiger partial charge is 0.469 e. The fourth-order valence-electron chi connectivity index (χ4n) is 1.46. The van der Waals surface area contributed by atoms with Gasteiger partial charge in [-0.1, -0.05) is 26.7 Å². The molecule has 0 aromatic heterocycles. The molecule has 0 unspecified atom stereocenters. The van der Waals surface area contributed by atoms with Gasteiger partial charge in [0, 0.05) is 20.1 Å². The van der Waals surface area contributed by atoms with E-state index in [1.807, 2.05) is 0 Å². The molecule has 0 atom stereocenters. The molecular formula is C12H26N2O4S. The summed E-state index contributed by atoms with van der Waals surface area (Å²) in [5.41, 5.74) is 0. The van der Waals surface area contributed by atoms with Gasteiger partial charge in [0.25, 0.3) is 10.2 Å². The highest BCUT2D eigenvalue weighted by molar-refractivity contribution is 7.87. The molecule has 0 aromatic rings. The molecule has 0 saturated heterocycles. The highest BCUT2D eigenvalue weighted by Gasteiger charge is 2.17. The van der Waals surface area contributed by atoms with Crippen molar-refractivity contribution < 1.29 is 17.9 Å². The molecule has 0 amide bonds. The van der Waals surface area contributed by atoms with Crippen molar-refractivity contribution in [1.29, 1.82) is 0 Å². The molecule has 0 heterocycles. The summed E-state index contributed by atoms with van der Waals surface area (Å²) >= 11 is 0. The molecule has 0 radical (unpaired) electrons. The molecule has 0 saturated carbocycles. The van der Waals surface area contributed by atoms with Crippen molar-refractivity contribution in [1.82, 2.24) is 9.03 Å². The Morgan fingerprint density at radius 3 is 2.47 bits per heavy atom. The lowest BCUT2D eigenvalue weighted by Gasteiger charge is -2.17. The predicted octanol–water partition coefficient (Wildman–Crippen LogP) is 1.14. The van der Waals surface area contributed by atoms with Crippen LogP contribution in [-0.2, 0) is 19.7 Å². The van der Waals surface area contributed by atoms with Crippen molar-refractivity contribution in [3.05, 3.63) is 0 Å². The van der Waals surface area contributed by atoms with Crippen molar-refractivity contribution >= 4 is 16.2 Å². The van der Waals surface area contributed by atoms with Gasteiger partial charge in [0.15, 0.2) is 0 Å². The lowest BCUT2D eigenvalue weighted by Crippen LogP contribution is -2.39. The van der Waals surface area contributed by atoms with E-state index in [4.69, 9.17) is 0 Å². The molecule has 0 bridgehead atoms. The lowest BCUT2D eigenvalue weighted by molar-refractivity contribution is -0.140. The highest BCUT2D eigenvalue weighted by atomic mass is 32.2. The minimum atomic E-state index is -3.49. The molecule has 1 N–H and O–H groups in total. The zero-order chi connectivity index (χ0) is 14.9. The van der Waals surface area contributed by atoms with Gasteiger partial charge in [0.2, 0.25) is 0 Å². The third kappa shape index (κ3) is 8.96. The van der Waals surface area contributed by atoms with Gasteiger partial charge >= 0.3 is 5.97 Å². The van der Waals surface area contributed by atoms with Gasteiger partial charge in [0.1, 0.15) is 0 Å². The van der Waals surface area contributed by atoms with Gasteiger partial charge in [-0.3, -0.25) is 4.79 Å². The molecule has 6 nitrogen and oxygen atoms in total. The molecule has 7 heteroatoms.